The molecule has 3 rings (SSSR count). The highest BCUT2D eigenvalue weighted by Crippen LogP contribution is 2.26. The fourth-order valence-electron chi connectivity index (χ4n) is 3.10. The summed E-state index contributed by atoms with van der Waals surface area (Å²) in [4.78, 5) is 2.60. The molecule has 1 aromatic carbocycles. The van der Waals surface area contributed by atoms with Crippen LogP contribution in [0.15, 0.2) is 24.3 Å². The molecule has 0 radical (unpaired) electrons. The van der Waals surface area contributed by atoms with E-state index in [1.807, 2.05) is 0 Å². The van der Waals surface area contributed by atoms with Crippen LogP contribution in [0.25, 0.3) is 0 Å². The molecule has 1 aromatic rings. The molecule has 0 amide bonds. The molecule has 0 saturated carbocycles. The summed E-state index contributed by atoms with van der Waals surface area (Å²) >= 11 is 0. The SMILES string of the molecule is Cc1ccccc1CN1C[C@@H]2CCN[C@@H]2C1. The number of likely N-dealkylation sites (tertiary alicyclic amines) is 1. The van der Waals surface area contributed by atoms with Gasteiger partial charge in [-0.3, -0.25) is 4.90 Å². The van der Waals surface area contributed by atoms with Gasteiger partial charge in [0.05, 0.1) is 0 Å². The van der Waals surface area contributed by atoms with Crippen molar-refractivity contribution in [1.29, 1.82) is 0 Å². The predicted octanol–water partition coefficient (Wildman–Crippen LogP) is 1.79. The van der Waals surface area contributed by atoms with Gasteiger partial charge in [-0.05, 0) is 36.9 Å². The van der Waals surface area contributed by atoms with E-state index in [4.69, 9.17) is 0 Å². The topological polar surface area (TPSA) is 15.3 Å². The standard InChI is InChI=1S/C14H20N2/c1-11-4-2-3-5-12(11)8-16-9-13-6-7-15-14(13)10-16/h2-5,13-15H,6-10H2,1H3/t13-,14+/m0/s1. The van der Waals surface area contributed by atoms with Crippen LogP contribution >= 0.6 is 0 Å². The van der Waals surface area contributed by atoms with Crippen LogP contribution in [0.1, 0.15) is 17.5 Å². The summed E-state index contributed by atoms with van der Waals surface area (Å²) in [5.41, 5.74) is 2.91. The molecule has 16 heavy (non-hydrogen) atoms. The molecule has 2 atom stereocenters. The quantitative estimate of drug-likeness (QED) is 0.811. The van der Waals surface area contributed by atoms with E-state index in [9.17, 15) is 0 Å². The van der Waals surface area contributed by atoms with Gasteiger partial charge in [-0.15, -0.1) is 0 Å². The largest absolute Gasteiger partial charge is 0.312 e. The van der Waals surface area contributed by atoms with Crippen molar-refractivity contribution in [3.05, 3.63) is 35.4 Å². The number of fused-ring (bicyclic) bond motifs is 1. The number of rotatable bonds is 2. The number of nitrogens with one attached hydrogen (secondary N) is 1. The molecule has 2 saturated heterocycles. The van der Waals surface area contributed by atoms with E-state index >= 15 is 0 Å². The summed E-state index contributed by atoms with van der Waals surface area (Å²) in [5, 5.41) is 3.61. The number of hydrogen-bond donors (Lipinski definition) is 1. The van der Waals surface area contributed by atoms with Crippen LogP contribution in [0.5, 0.6) is 0 Å². The van der Waals surface area contributed by atoms with Gasteiger partial charge in [-0.2, -0.15) is 0 Å². The Morgan fingerprint density at radius 3 is 3.00 bits per heavy atom. The van der Waals surface area contributed by atoms with Gasteiger partial charge in [-0.25, -0.2) is 0 Å². The molecular weight excluding hydrogens is 196 g/mol. The minimum Gasteiger partial charge on any atom is -0.312 e. The lowest BCUT2D eigenvalue weighted by Crippen LogP contribution is -2.30. The Morgan fingerprint density at radius 1 is 1.31 bits per heavy atom. The fourth-order valence-corrected chi connectivity index (χ4v) is 3.10. The third-order valence-corrected chi connectivity index (χ3v) is 4.09. The normalized spacial score (nSPS) is 29.6. The highest BCUT2D eigenvalue weighted by atomic mass is 15.2. The molecule has 2 aliphatic rings. The molecule has 1 N–H and O–H groups in total. The number of nitrogens with zero attached hydrogens (tertiary/aromatic N) is 1. The van der Waals surface area contributed by atoms with E-state index in [-0.39, 0.29) is 0 Å². The van der Waals surface area contributed by atoms with Gasteiger partial charge in [-0.1, -0.05) is 24.3 Å². The second-order valence-electron chi connectivity index (χ2n) is 5.23. The summed E-state index contributed by atoms with van der Waals surface area (Å²) in [5.74, 6) is 0.906. The van der Waals surface area contributed by atoms with Crippen LogP contribution < -0.4 is 5.32 Å². The lowest BCUT2D eigenvalue weighted by atomic mass is 10.1. The fraction of sp³-hybridized carbons (Fsp3) is 0.571. The first-order valence-electron chi connectivity index (χ1n) is 6.33. The predicted molar refractivity (Wildman–Crippen MR) is 66.4 cm³/mol. The van der Waals surface area contributed by atoms with Crippen molar-refractivity contribution in [2.75, 3.05) is 19.6 Å². The smallest absolute Gasteiger partial charge is 0.0237 e. The first-order valence-corrected chi connectivity index (χ1v) is 6.33. The maximum atomic E-state index is 3.61. The van der Waals surface area contributed by atoms with Gasteiger partial charge in [0.2, 0.25) is 0 Å². The van der Waals surface area contributed by atoms with E-state index in [1.54, 1.807) is 0 Å². The molecule has 2 heteroatoms. The molecule has 0 aromatic heterocycles. The lowest BCUT2D eigenvalue weighted by Gasteiger charge is -2.18. The van der Waals surface area contributed by atoms with E-state index in [2.05, 4.69) is 41.4 Å². The Balaban J connectivity index is 1.66. The Morgan fingerprint density at radius 2 is 2.19 bits per heavy atom. The van der Waals surface area contributed by atoms with E-state index in [0.717, 1.165) is 18.5 Å². The summed E-state index contributed by atoms with van der Waals surface area (Å²) in [6.45, 7) is 7.09. The van der Waals surface area contributed by atoms with E-state index in [1.165, 1.54) is 37.2 Å². The molecular formula is C14H20N2. The summed E-state index contributed by atoms with van der Waals surface area (Å²) in [7, 11) is 0. The lowest BCUT2D eigenvalue weighted by molar-refractivity contribution is 0.306. The zero-order valence-corrected chi connectivity index (χ0v) is 9.95. The highest BCUT2D eigenvalue weighted by Gasteiger charge is 2.35. The van der Waals surface area contributed by atoms with Crippen LogP contribution in [0.3, 0.4) is 0 Å². The molecule has 0 spiro atoms. The molecule has 86 valence electrons. The van der Waals surface area contributed by atoms with Crippen LogP contribution in [-0.2, 0) is 6.54 Å². The molecule has 2 heterocycles. The summed E-state index contributed by atoms with van der Waals surface area (Å²) in [6, 6.07) is 9.52. The van der Waals surface area contributed by atoms with Gasteiger partial charge in [0, 0.05) is 25.7 Å². The monoisotopic (exact) mass is 216 g/mol. The number of aryl methyl sites for hydroxylation is 1. The highest BCUT2D eigenvalue weighted by molar-refractivity contribution is 5.25. The summed E-state index contributed by atoms with van der Waals surface area (Å²) in [6.07, 6.45) is 1.37. The third-order valence-electron chi connectivity index (χ3n) is 4.09. The minimum absolute atomic E-state index is 0.768. The van der Waals surface area contributed by atoms with Crippen LogP contribution in [0.2, 0.25) is 0 Å². The van der Waals surface area contributed by atoms with Crippen molar-refractivity contribution < 1.29 is 0 Å². The zero-order valence-electron chi connectivity index (χ0n) is 9.95. The van der Waals surface area contributed by atoms with Crippen molar-refractivity contribution in [3.8, 4) is 0 Å². The number of hydrogen-bond acceptors (Lipinski definition) is 2. The van der Waals surface area contributed by atoms with E-state index in [0.29, 0.717) is 0 Å². The second kappa shape index (κ2) is 4.19. The first kappa shape index (κ1) is 10.3. The van der Waals surface area contributed by atoms with Crippen molar-refractivity contribution in [2.45, 2.75) is 25.9 Å². The van der Waals surface area contributed by atoms with Crippen LogP contribution in [-0.4, -0.2) is 30.6 Å². The Kier molecular flexibility index (Phi) is 2.70. The Bertz CT molecular complexity index is 363. The van der Waals surface area contributed by atoms with Crippen molar-refractivity contribution in [3.63, 3.8) is 0 Å². The van der Waals surface area contributed by atoms with Gasteiger partial charge in [0.1, 0.15) is 0 Å². The summed E-state index contributed by atoms with van der Waals surface area (Å²) < 4.78 is 0. The average Bonchev–Trinajstić information content (AvgIpc) is 2.81. The van der Waals surface area contributed by atoms with Crippen molar-refractivity contribution in [1.82, 2.24) is 10.2 Å². The van der Waals surface area contributed by atoms with Gasteiger partial charge >= 0.3 is 0 Å². The zero-order chi connectivity index (χ0) is 11.0. The first-order chi connectivity index (χ1) is 7.83. The Labute approximate surface area is 97.6 Å². The maximum absolute atomic E-state index is 3.61. The van der Waals surface area contributed by atoms with Crippen molar-refractivity contribution >= 4 is 0 Å². The van der Waals surface area contributed by atoms with E-state index < -0.39 is 0 Å². The van der Waals surface area contributed by atoms with Gasteiger partial charge < -0.3 is 5.32 Å². The molecule has 0 unspecified atom stereocenters. The number of benzene rings is 1. The molecule has 2 fully saturated rings. The Hall–Kier alpha value is -0.860. The third kappa shape index (κ3) is 1.87. The van der Waals surface area contributed by atoms with Crippen LogP contribution in [0, 0.1) is 12.8 Å². The molecule has 2 aliphatic heterocycles. The molecule has 0 aliphatic carbocycles. The molecule has 2 nitrogen and oxygen atoms in total. The van der Waals surface area contributed by atoms with Gasteiger partial charge in [0.15, 0.2) is 0 Å². The van der Waals surface area contributed by atoms with Crippen LogP contribution in [0.4, 0.5) is 0 Å². The van der Waals surface area contributed by atoms with Crippen molar-refractivity contribution in [2.24, 2.45) is 5.92 Å². The minimum atomic E-state index is 0.768. The molecule has 0 bridgehead atoms. The van der Waals surface area contributed by atoms with Gasteiger partial charge in [0.25, 0.3) is 0 Å². The average molecular weight is 216 g/mol. The second-order valence-corrected chi connectivity index (χ2v) is 5.23. The maximum Gasteiger partial charge on any atom is 0.0237 e.